The number of hydrogen-bond donors (Lipinski definition) is 0. The van der Waals surface area contributed by atoms with Crippen LogP contribution in [0.25, 0.3) is 10.9 Å². The van der Waals surface area contributed by atoms with E-state index in [0.717, 1.165) is 30.6 Å². The lowest BCUT2D eigenvalue weighted by atomic mass is 9.74. The van der Waals surface area contributed by atoms with E-state index in [1.165, 1.54) is 7.11 Å². The summed E-state index contributed by atoms with van der Waals surface area (Å²) in [6.07, 6.45) is 3.76. The van der Waals surface area contributed by atoms with Crippen molar-refractivity contribution in [2.75, 3.05) is 7.11 Å². The van der Waals surface area contributed by atoms with Gasteiger partial charge in [-0.05, 0) is 37.8 Å². The van der Waals surface area contributed by atoms with Crippen molar-refractivity contribution in [3.05, 3.63) is 40.4 Å². The van der Waals surface area contributed by atoms with Crippen molar-refractivity contribution in [1.82, 2.24) is 9.55 Å². The van der Waals surface area contributed by atoms with E-state index < -0.39 is 0 Å². The third kappa shape index (κ3) is 2.64. The molecule has 5 nitrogen and oxygen atoms in total. The van der Waals surface area contributed by atoms with Crippen molar-refractivity contribution in [1.29, 1.82) is 0 Å². The standard InChI is InChI=1S/C18H22N2O3/c1-3-18(11-9-15(21)23-2)10-6-12-20-16(22)13-7-4-5-8-14(13)19-17(18)20/h4-5,7-8H,3,6,9-12H2,1-2H3/t18-/m1/s1. The molecule has 3 rings (SSSR count). The Labute approximate surface area is 135 Å². The number of carbonyl (C=O) groups is 1. The molecule has 0 aliphatic carbocycles. The molecule has 122 valence electrons. The van der Waals surface area contributed by atoms with Gasteiger partial charge in [-0.15, -0.1) is 0 Å². The predicted octanol–water partition coefficient (Wildman–Crippen LogP) is 2.79. The Kier molecular flexibility index (Phi) is 4.20. The van der Waals surface area contributed by atoms with E-state index in [0.29, 0.717) is 24.8 Å². The van der Waals surface area contributed by atoms with Gasteiger partial charge in [0, 0.05) is 18.4 Å². The Morgan fingerprint density at radius 3 is 2.91 bits per heavy atom. The molecule has 1 atom stereocenters. The average Bonchev–Trinajstić information content (AvgIpc) is 2.60. The Hall–Kier alpha value is -2.17. The summed E-state index contributed by atoms with van der Waals surface area (Å²) in [5.41, 5.74) is 0.540. The summed E-state index contributed by atoms with van der Waals surface area (Å²) >= 11 is 0. The van der Waals surface area contributed by atoms with Gasteiger partial charge in [-0.2, -0.15) is 0 Å². The van der Waals surface area contributed by atoms with Crippen LogP contribution in [0.4, 0.5) is 0 Å². The van der Waals surface area contributed by atoms with E-state index in [-0.39, 0.29) is 16.9 Å². The Morgan fingerprint density at radius 2 is 2.17 bits per heavy atom. The Morgan fingerprint density at radius 1 is 1.39 bits per heavy atom. The van der Waals surface area contributed by atoms with Gasteiger partial charge < -0.3 is 4.74 Å². The molecule has 1 aliphatic rings. The molecular formula is C18H22N2O3. The molecule has 0 saturated carbocycles. The summed E-state index contributed by atoms with van der Waals surface area (Å²) in [6.45, 7) is 2.81. The smallest absolute Gasteiger partial charge is 0.305 e. The van der Waals surface area contributed by atoms with E-state index in [1.807, 2.05) is 28.8 Å². The van der Waals surface area contributed by atoms with Crippen LogP contribution in [0.5, 0.6) is 0 Å². The second kappa shape index (κ2) is 6.14. The molecule has 0 amide bonds. The highest BCUT2D eigenvalue weighted by Gasteiger charge is 2.38. The summed E-state index contributed by atoms with van der Waals surface area (Å²) in [6, 6.07) is 7.48. The maximum atomic E-state index is 12.8. The number of aromatic nitrogens is 2. The second-order valence-electron chi connectivity index (χ2n) is 6.22. The molecular weight excluding hydrogens is 292 g/mol. The van der Waals surface area contributed by atoms with Gasteiger partial charge in [-0.25, -0.2) is 4.98 Å². The largest absolute Gasteiger partial charge is 0.469 e. The third-order valence-corrected chi connectivity index (χ3v) is 5.09. The molecule has 0 unspecified atom stereocenters. The first-order valence-electron chi connectivity index (χ1n) is 8.18. The lowest BCUT2D eigenvalue weighted by Gasteiger charge is -2.38. The molecule has 0 fully saturated rings. The first-order valence-corrected chi connectivity index (χ1v) is 8.18. The summed E-state index contributed by atoms with van der Waals surface area (Å²) in [5.74, 6) is 0.622. The normalized spacial score (nSPS) is 20.3. The van der Waals surface area contributed by atoms with Gasteiger partial charge in [-0.1, -0.05) is 19.1 Å². The Balaban J connectivity index is 2.13. The Bertz CT molecular complexity index is 796. The topological polar surface area (TPSA) is 61.2 Å². The summed E-state index contributed by atoms with van der Waals surface area (Å²) in [5, 5.41) is 0.663. The monoisotopic (exact) mass is 314 g/mol. The number of nitrogens with zero attached hydrogens (tertiary/aromatic N) is 2. The fraction of sp³-hybridized carbons (Fsp3) is 0.500. The lowest BCUT2D eigenvalue weighted by Crippen LogP contribution is -2.41. The van der Waals surface area contributed by atoms with E-state index in [2.05, 4.69) is 6.92 Å². The van der Waals surface area contributed by atoms with Crippen molar-refractivity contribution < 1.29 is 9.53 Å². The van der Waals surface area contributed by atoms with Gasteiger partial charge in [0.05, 0.1) is 18.0 Å². The minimum atomic E-state index is -0.227. The molecule has 0 bridgehead atoms. The highest BCUT2D eigenvalue weighted by molar-refractivity contribution is 5.77. The SMILES string of the molecule is CC[C@]1(CCC(=O)OC)CCCn2c1nc1ccccc1c2=O. The van der Waals surface area contributed by atoms with E-state index >= 15 is 0 Å². The van der Waals surface area contributed by atoms with Gasteiger partial charge in [-0.3, -0.25) is 14.2 Å². The van der Waals surface area contributed by atoms with Crippen LogP contribution in [0.1, 0.15) is 44.9 Å². The minimum Gasteiger partial charge on any atom is -0.469 e. The minimum absolute atomic E-state index is 0.0289. The van der Waals surface area contributed by atoms with Crippen LogP contribution in [0.15, 0.2) is 29.1 Å². The van der Waals surface area contributed by atoms with Crippen LogP contribution < -0.4 is 5.56 Å². The van der Waals surface area contributed by atoms with Crippen LogP contribution in [-0.4, -0.2) is 22.6 Å². The summed E-state index contributed by atoms with van der Waals surface area (Å²) < 4.78 is 6.60. The maximum absolute atomic E-state index is 12.8. The van der Waals surface area contributed by atoms with Crippen LogP contribution in [0.2, 0.25) is 0 Å². The van der Waals surface area contributed by atoms with Gasteiger partial charge in [0.2, 0.25) is 0 Å². The molecule has 2 aromatic rings. The molecule has 0 radical (unpaired) electrons. The number of hydrogen-bond acceptors (Lipinski definition) is 4. The number of rotatable bonds is 4. The number of fused-ring (bicyclic) bond motifs is 2. The molecule has 23 heavy (non-hydrogen) atoms. The van der Waals surface area contributed by atoms with Crippen LogP contribution >= 0.6 is 0 Å². The number of ether oxygens (including phenoxy) is 1. The molecule has 1 aromatic carbocycles. The zero-order chi connectivity index (χ0) is 16.4. The highest BCUT2D eigenvalue weighted by Crippen LogP contribution is 2.39. The maximum Gasteiger partial charge on any atom is 0.305 e. The third-order valence-electron chi connectivity index (χ3n) is 5.09. The van der Waals surface area contributed by atoms with Crippen LogP contribution in [0, 0.1) is 0 Å². The van der Waals surface area contributed by atoms with Gasteiger partial charge in [0.1, 0.15) is 5.82 Å². The number of benzene rings is 1. The molecule has 0 N–H and O–H groups in total. The average molecular weight is 314 g/mol. The number of esters is 1. The second-order valence-corrected chi connectivity index (χ2v) is 6.22. The molecule has 0 saturated heterocycles. The molecule has 2 heterocycles. The van der Waals surface area contributed by atoms with Gasteiger partial charge in [0.15, 0.2) is 0 Å². The molecule has 5 heteroatoms. The summed E-state index contributed by atoms with van der Waals surface area (Å²) in [7, 11) is 1.41. The highest BCUT2D eigenvalue weighted by atomic mass is 16.5. The fourth-order valence-electron chi connectivity index (χ4n) is 3.66. The summed E-state index contributed by atoms with van der Waals surface area (Å²) in [4.78, 5) is 29.2. The lowest BCUT2D eigenvalue weighted by molar-refractivity contribution is -0.141. The van der Waals surface area contributed by atoms with Crippen LogP contribution in [-0.2, 0) is 21.5 Å². The van der Waals surface area contributed by atoms with E-state index in [9.17, 15) is 9.59 Å². The number of methoxy groups -OCH3 is 1. The number of carbonyl (C=O) groups excluding carboxylic acids is 1. The van der Waals surface area contributed by atoms with E-state index in [1.54, 1.807) is 0 Å². The first kappa shape index (κ1) is 15.7. The van der Waals surface area contributed by atoms with Crippen molar-refractivity contribution in [3.63, 3.8) is 0 Å². The fourth-order valence-corrected chi connectivity index (χ4v) is 3.66. The van der Waals surface area contributed by atoms with Crippen molar-refractivity contribution in [3.8, 4) is 0 Å². The van der Waals surface area contributed by atoms with Crippen molar-refractivity contribution >= 4 is 16.9 Å². The molecule has 1 aliphatic heterocycles. The number of para-hydroxylation sites is 1. The van der Waals surface area contributed by atoms with E-state index in [4.69, 9.17) is 9.72 Å². The zero-order valence-electron chi connectivity index (χ0n) is 13.7. The quantitative estimate of drug-likeness (QED) is 0.814. The zero-order valence-corrected chi connectivity index (χ0v) is 13.7. The van der Waals surface area contributed by atoms with Crippen molar-refractivity contribution in [2.24, 2.45) is 0 Å². The van der Waals surface area contributed by atoms with Gasteiger partial charge >= 0.3 is 5.97 Å². The van der Waals surface area contributed by atoms with Gasteiger partial charge in [0.25, 0.3) is 5.56 Å². The van der Waals surface area contributed by atoms with Crippen LogP contribution in [0.3, 0.4) is 0 Å². The molecule has 1 aromatic heterocycles. The molecule has 0 spiro atoms. The van der Waals surface area contributed by atoms with Crippen molar-refractivity contribution in [2.45, 2.75) is 51.0 Å². The first-order chi connectivity index (χ1) is 11.1. The predicted molar refractivity (Wildman–Crippen MR) is 88.5 cm³/mol.